The van der Waals surface area contributed by atoms with E-state index in [1.54, 1.807) is 26.0 Å². The van der Waals surface area contributed by atoms with Gasteiger partial charge in [-0.25, -0.2) is 18.8 Å². The lowest BCUT2D eigenvalue weighted by molar-refractivity contribution is -0.126. The van der Waals surface area contributed by atoms with Crippen molar-refractivity contribution in [1.29, 1.82) is 0 Å². The fraction of sp³-hybridized carbons (Fsp3) is 0.231. The molecule has 11 heteroatoms. The van der Waals surface area contributed by atoms with Crippen LogP contribution >= 0.6 is 0 Å². The van der Waals surface area contributed by atoms with Crippen LogP contribution in [0.15, 0.2) is 53.7 Å². The predicted molar refractivity (Wildman–Crippen MR) is 128 cm³/mol. The van der Waals surface area contributed by atoms with Crippen LogP contribution in [-0.4, -0.2) is 51.8 Å². The van der Waals surface area contributed by atoms with Crippen LogP contribution in [0, 0.1) is 25.6 Å². The molecule has 0 N–H and O–H groups in total. The number of Topliss-reactive ketones (excluding diaryl/α,β-unsaturated/α-hetero) is 1. The zero-order valence-electron chi connectivity index (χ0n) is 20.1. The van der Waals surface area contributed by atoms with Crippen LogP contribution in [0.1, 0.15) is 39.0 Å². The molecule has 37 heavy (non-hydrogen) atoms. The van der Waals surface area contributed by atoms with Crippen LogP contribution < -0.4 is 4.90 Å². The molecule has 2 aromatic carbocycles. The van der Waals surface area contributed by atoms with Crippen molar-refractivity contribution >= 4 is 35.0 Å². The summed E-state index contributed by atoms with van der Waals surface area (Å²) in [5.74, 6) is -4.95. The van der Waals surface area contributed by atoms with Gasteiger partial charge in [-0.15, -0.1) is 0 Å². The molecule has 2 aliphatic rings. The summed E-state index contributed by atoms with van der Waals surface area (Å²) < 4.78 is 19.9. The van der Waals surface area contributed by atoms with Crippen LogP contribution in [-0.2, 0) is 19.2 Å². The lowest BCUT2D eigenvalue weighted by Gasteiger charge is -2.15. The number of fused-ring (bicyclic) bond motifs is 1. The van der Waals surface area contributed by atoms with Gasteiger partial charge in [-0.2, -0.15) is 5.10 Å². The van der Waals surface area contributed by atoms with Crippen molar-refractivity contribution in [2.75, 3.05) is 11.5 Å². The summed E-state index contributed by atoms with van der Waals surface area (Å²) in [6, 6.07) is 12.1. The summed E-state index contributed by atoms with van der Waals surface area (Å²) in [7, 11) is 0. The van der Waals surface area contributed by atoms with Crippen LogP contribution in [0.5, 0.6) is 0 Å². The molecule has 3 heterocycles. The first kappa shape index (κ1) is 24.0. The highest BCUT2D eigenvalue weighted by Crippen LogP contribution is 2.35. The summed E-state index contributed by atoms with van der Waals surface area (Å²) in [6.07, 6.45) is -1.35. The van der Waals surface area contributed by atoms with E-state index >= 15 is 0 Å². The molecule has 1 fully saturated rings. The molecule has 0 spiro atoms. The minimum absolute atomic E-state index is 0.0529. The Morgan fingerprint density at radius 1 is 1.00 bits per heavy atom. The zero-order chi connectivity index (χ0) is 26.4. The fourth-order valence-corrected chi connectivity index (χ4v) is 4.39. The smallest absolute Gasteiger partial charge is 0.359 e. The van der Waals surface area contributed by atoms with Crippen molar-refractivity contribution in [2.24, 2.45) is 11.1 Å². The molecule has 10 nitrogen and oxygen atoms in total. The van der Waals surface area contributed by atoms with Crippen molar-refractivity contribution < 1.29 is 33.1 Å². The monoisotopic (exact) mass is 504 g/mol. The molecule has 0 bridgehead atoms. The van der Waals surface area contributed by atoms with Gasteiger partial charge in [-0.3, -0.25) is 14.4 Å². The maximum absolute atomic E-state index is 13.8. The molecule has 1 saturated heterocycles. The summed E-state index contributed by atoms with van der Waals surface area (Å²) in [4.78, 5) is 58.8. The molecule has 2 amide bonds. The lowest BCUT2D eigenvalue weighted by Crippen LogP contribution is -2.34. The van der Waals surface area contributed by atoms with Crippen LogP contribution in [0.2, 0.25) is 0 Å². The predicted octanol–water partition coefficient (Wildman–Crippen LogP) is 2.93. The Morgan fingerprint density at radius 3 is 2.30 bits per heavy atom. The van der Waals surface area contributed by atoms with Gasteiger partial charge in [-0.05, 0) is 57.2 Å². The highest BCUT2D eigenvalue weighted by atomic mass is 19.1. The Hall–Kier alpha value is -4.67. The van der Waals surface area contributed by atoms with E-state index in [9.17, 15) is 23.6 Å². The topological polar surface area (TPSA) is 120 Å². The van der Waals surface area contributed by atoms with Gasteiger partial charge in [0.05, 0.1) is 29.2 Å². The Kier molecular flexibility index (Phi) is 5.90. The van der Waals surface area contributed by atoms with Crippen molar-refractivity contribution in [1.82, 2.24) is 9.78 Å². The number of rotatable bonds is 6. The van der Waals surface area contributed by atoms with E-state index in [0.717, 1.165) is 22.6 Å². The molecule has 0 saturated carbocycles. The molecule has 0 radical (unpaired) electrons. The lowest BCUT2D eigenvalue weighted by atomic mass is 9.92. The second-order valence-electron chi connectivity index (χ2n) is 8.57. The van der Waals surface area contributed by atoms with E-state index < -0.39 is 41.4 Å². The van der Waals surface area contributed by atoms with E-state index in [0.29, 0.717) is 11.4 Å². The van der Waals surface area contributed by atoms with E-state index in [1.807, 2.05) is 19.1 Å². The number of hydrogen-bond donors (Lipinski definition) is 0. The van der Waals surface area contributed by atoms with E-state index in [-0.39, 0.29) is 29.3 Å². The fourth-order valence-electron chi connectivity index (χ4n) is 4.39. The normalized spacial score (nSPS) is 18.5. The van der Waals surface area contributed by atoms with Gasteiger partial charge in [0.15, 0.2) is 5.69 Å². The Morgan fingerprint density at radius 2 is 1.65 bits per heavy atom. The highest BCUT2D eigenvalue weighted by Gasteiger charge is 2.58. The summed E-state index contributed by atoms with van der Waals surface area (Å²) >= 11 is 0. The summed E-state index contributed by atoms with van der Waals surface area (Å²) in [5, 5.41) is 8.11. The number of hydrogen-bond acceptors (Lipinski definition) is 8. The summed E-state index contributed by atoms with van der Waals surface area (Å²) in [6.45, 7) is 5.19. The molecule has 1 aromatic heterocycles. The van der Waals surface area contributed by atoms with E-state index in [1.165, 1.54) is 16.8 Å². The number of oxime groups is 1. The van der Waals surface area contributed by atoms with Crippen molar-refractivity contribution in [3.63, 3.8) is 0 Å². The number of ketones is 1. The number of benzene rings is 2. The molecule has 2 aliphatic heterocycles. The number of nitrogens with zero attached hydrogens (tertiary/aromatic N) is 4. The van der Waals surface area contributed by atoms with Crippen LogP contribution in [0.4, 0.5) is 10.1 Å². The first-order valence-corrected chi connectivity index (χ1v) is 11.5. The van der Waals surface area contributed by atoms with Crippen molar-refractivity contribution in [2.45, 2.75) is 26.9 Å². The van der Waals surface area contributed by atoms with Gasteiger partial charge in [-0.1, -0.05) is 22.9 Å². The quantitative estimate of drug-likeness (QED) is 0.288. The second-order valence-corrected chi connectivity index (χ2v) is 8.57. The third kappa shape index (κ3) is 3.88. The van der Waals surface area contributed by atoms with Gasteiger partial charge in [0.25, 0.3) is 5.91 Å². The molecule has 2 atom stereocenters. The number of amides is 2. The summed E-state index contributed by atoms with van der Waals surface area (Å²) in [5.41, 5.74) is 1.38. The molecule has 3 aromatic rings. The first-order valence-electron chi connectivity index (χ1n) is 11.5. The van der Waals surface area contributed by atoms with Crippen LogP contribution in [0.25, 0.3) is 5.69 Å². The Bertz CT molecular complexity index is 1480. The highest BCUT2D eigenvalue weighted by molar-refractivity contribution is 6.53. The standard InChI is InChI=1S/C26H21FN4O6/c1-4-36-26(35)21-18(14(3)31(28-21)17-9-5-13(2)6-10-17)22(32)20-19-23(37-29-20)25(34)30(24(19)33)16-11-7-15(27)8-12-16/h5-12,19,23H,4H2,1-3H3/t19-,23-/m0/s1. The number of aromatic nitrogens is 2. The van der Waals surface area contributed by atoms with Gasteiger partial charge in [0.1, 0.15) is 17.4 Å². The number of ether oxygens (including phenoxy) is 1. The van der Waals surface area contributed by atoms with E-state index in [2.05, 4.69) is 10.3 Å². The van der Waals surface area contributed by atoms with Gasteiger partial charge >= 0.3 is 5.97 Å². The van der Waals surface area contributed by atoms with Crippen molar-refractivity contribution in [3.05, 3.63) is 76.9 Å². The van der Waals surface area contributed by atoms with Gasteiger partial charge < -0.3 is 9.57 Å². The number of halogens is 1. The number of esters is 1. The first-order chi connectivity index (χ1) is 17.7. The molecule has 0 aliphatic carbocycles. The molecule has 5 rings (SSSR count). The number of imide groups is 1. The maximum atomic E-state index is 13.8. The maximum Gasteiger partial charge on any atom is 0.359 e. The third-order valence-corrected chi connectivity index (χ3v) is 6.22. The average molecular weight is 504 g/mol. The Balaban J connectivity index is 1.54. The Labute approximate surface area is 210 Å². The average Bonchev–Trinajstić information content (AvgIpc) is 3.53. The third-order valence-electron chi connectivity index (χ3n) is 6.22. The van der Waals surface area contributed by atoms with E-state index in [4.69, 9.17) is 9.57 Å². The molecular weight excluding hydrogens is 483 g/mol. The molecule has 0 unspecified atom stereocenters. The molecule has 188 valence electrons. The number of carbonyl (C=O) groups excluding carboxylic acids is 4. The minimum Gasteiger partial charge on any atom is -0.461 e. The van der Waals surface area contributed by atoms with Gasteiger partial charge in [0, 0.05) is 0 Å². The molecular formula is C26H21FN4O6. The zero-order valence-corrected chi connectivity index (χ0v) is 20.1. The van der Waals surface area contributed by atoms with Gasteiger partial charge in [0.2, 0.25) is 17.8 Å². The number of aryl methyl sites for hydroxylation is 1. The second kappa shape index (κ2) is 9.08. The van der Waals surface area contributed by atoms with Crippen LogP contribution in [0.3, 0.4) is 0 Å². The van der Waals surface area contributed by atoms with Crippen molar-refractivity contribution in [3.8, 4) is 5.69 Å². The number of carbonyl (C=O) groups is 4. The minimum atomic E-state index is -1.35. The SMILES string of the molecule is CCOC(=O)c1nn(-c2ccc(C)cc2)c(C)c1C(=O)C1=NO[C@@H]2C(=O)N(c3ccc(F)cc3)C(=O)[C@@H]12. The number of anilines is 1. The largest absolute Gasteiger partial charge is 0.461 e.